The van der Waals surface area contributed by atoms with Crippen LogP contribution in [0.1, 0.15) is 23.6 Å². The van der Waals surface area contributed by atoms with Gasteiger partial charge in [-0.1, -0.05) is 17.7 Å². The maximum absolute atomic E-state index is 5.92. The van der Waals surface area contributed by atoms with Gasteiger partial charge in [0, 0.05) is 18.2 Å². The van der Waals surface area contributed by atoms with Crippen LogP contribution in [0.25, 0.3) is 0 Å². The zero-order valence-electron chi connectivity index (χ0n) is 13.6. The van der Waals surface area contributed by atoms with Crippen molar-refractivity contribution in [3.8, 4) is 5.75 Å². The normalized spacial score (nSPS) is 22.8. The summed E-state index contributed by atoms with van der Waals surface area (Å²) in [5.41, 5.74) is 5.37. The minimum Gasteiger partial charge on any atom is -0.496 e. The molecule has 5 heteroatoms. The van der Waals surface area contributed by atoms with Crippen molar-refractivity contribution in [3.05, 3.63) is 29.3 Å². The topological polar surface area (TPSA) is 53.8 Å². The average Bonchev–Trinajstić information content (AvgIpc) is 2.62. The lowest BCUT2D eigenvalue weighted by atomic mass is 9.96. The number of nitrogens with zero attached hydrogens (tertiary/aromatic N) is 2. The summed E-state index contributed by atoms with van der Waals surface area (Å²) in [5.74, 6) is 6.81. The van der Waals surface area contributed by atoms with Crippen molar-refractivity contribution in [1.29, 1.82) is 0 Å². The minimum absolute atomic E-state index is 0.0467. The molecule has 1 saturated heterocycles. The van der Waals surface area contributed by atoms with Gasteiger partial charge in [-0.3, -0.25) is 11.3 Å². The predicted molar refractivity (Wildman–Crippen MR) is 86.3 cm³/mol. The van der Waals surface area contributed by atoms with Crippen LogP contribution in [0.2, 0.25) is 0 Å². The molecule has 2 atom stereocenters. The lowest BCUT2D eigenvalue weighted by molar-refractivity contribution is 0.177. The Morgan fingerprint density at radius 2 is 2.10 bits per heavy atom. The van der Waals surface area contributed by atoms with Gasteiger partial charge in [-0.2, -0.15) is 0 Å². The molecule has 1 aromatic rings. The number of benzene rings is 1. The Balaban J connectivity index is 2.35. The Labute approximate surface area is 128 Å². The molecule has 21 heavy (non-hydrogen) atoms. The SMILES string of the molecule is COc1ccc(C)cc1C(NN)C1CN(C)CCCN1C. The zero-order valence-corrected chi connectivity index (χ0v) is 13.6. The molecule has 1 fully saturated rings. The second-order valence-electron chi connectivity index (χ2n) is 6.05. The van der Waals surface area contributed by atoms with Crippen LogP contribution < -0.4 is 16.0 Å². The quantitative estimate of drug-likeness (QED) is 0.644. The van der Waals surface area contributed by atoms with E-state index in [2.05, 4.69) is 48.4 Å². The van der Waals surface area contributed by atoms with Crippen LogP contribution in [0, 0.1) is 6.92 Å². The summed E-state index contributed by atoms with van der Waals surface area (Å²) in [5, 5.41) is 0. The van der Waals surface area contributed by atoms with Crippen molar-refractivity contribution in [2.75, 3.05) is 40.8 Å². The van der Waals surface area contributed by atoms with Crippen LogP contribution in [0.4, 0.5) is 0 Å². The summed E-state index contributed by atoms with van der Waals surface area (Å²) in [7, 11) is 6.06. The first-order chi connectivity index (χ1) is 10.1. The van der Waals surface area contributed by atoms with E-state index in [4.69, 9.17) is 10.6 Å². The van der Waals surface area contributed by atoms with Gasteiger partial charge < -0.3 is 14.5 Å². The fourth-order valence-electron chi connectivity index (χ4n) is 3.17. The third-order valence-electron chi connectivity index (χ3n) is 4.40. The zero-order chi connectivity index (χ0) is 15.4. The van der Waals surface area contributed by atoms with Crippen LogP contribution >= 0.6 is 0 Å². The third-order valence-corrected chi connectivity index (χ3v) is 4.40. The molecule has 0 aromatic heterocycles. The molecule has 118 valence electrons. The molecule has 1 aliphatic heterocycles. The van der Waals surface area contributed by atoms with Gasteiger partial charge in [0.25, 0.3) is 0 Å². The maximum atomic E-state index is 5.92. The van der Waals surface area contributed by atoms with Crippen LogP contribution in [0.5, 0.6) is 5.75 Å². The summed E-state index contributed by atoms with van der Waals surface area (Å²) in [6.07, 6.45) is 1.19. The molecule has 0 saturated carbocycles. The van der Waals surface area contributed by atoms with E-state index in [1.807, 2.05) is 6.07 Å². The van der Waals surface area contributed by atoms with Gasteiger partial charge in [-0.15, -0.1) is 0 Å². The first-order valence-corrected chi connectivity index (χ1v) is 7.56. The molecule has 0 amide bonds. The number of nitrogens with two attached hydrogens (primary N) is 1. The first-order valence-electron chi connectivity index (χ1n) is 7.56. The Morgan fingerprint density at radius 1 is 1.33 bits per heavy atom. The molecule has 0 bridgehead atoms. The summed E-state index contributed by atoms with van der Waals surface area (Å²) in [6, 6.07) is 6.62. The van der Waals surface area contributed by atoms with Gasteiger partial charge in [0.2, 0.25) is 0 Å². The molecular formula is C16H28N4O. The molecule has 0 radical (unpaired) electrons. The fraction of sp³-hybridized carbons (Fsp3) is 0.625. The maximum Gasteiger partial charge on any atom is 0.123 e. The van der Waals surface area contributed by atoms with Gasteiger partial charge >= 0.3 is 0 Å². The highest BCUT2D eigenvalue weighted by Gasteiger charge is 2.30. The van der Waals surface area contributed by atoms with Crippen molar-refractivity contribution < 1.29 is 4.74 Å². The van der Waals surface area contributed by atoms with E-state index in [-0.39, 0.29) is 6.04 Å². The lowest BCUT2D eigenvalue weighted by Crippen LogP contribution is -2.49. The number of hydrogen-bond acceptors (Lipinski definition) is 5. The van der Waals surface area contributed by atoms with Gasteiger partial charge in [0.1, 0.15) is 5.75 Å². The molecule has 0 aliphatic carbocycles. The summed E-state index contributed by atoms with van der Waals surface area (Å²) < 4.78 is 5.54. The van der Waals surface area contributed by atoms with Gasteiger partial charge in [-0.25, -0.2) is 0 Å². The number of nitrogens with one attached hydrogen (secondary N) is 1. The van der Waals surface area contributed by atoms with E-state index in [9.17, 15) is 0 Å². The minimum atomic E-state index is 0.0467. The second kappa shape index (κ2) is 7.22. The molecule has 0 spiro atoms. The molecule has 1 aromatic carbocycles. The Bertz CT molecular complexity index is 466. The highest BCUT2D eigenvalue weighted by molar-refractivity contribution is 5.40. The van der Waals surface area contributed by atoms with Crippen LogP contribution in [-0.2, 0) is 0 Å². The molecular weight excluding hydrogens is 264 g/mol. The monoisotopic (exact) mass is 292 g/mol. The van der Waals surface area contributed by atoms with E-state index in [1.54, 1.807) is 7.11 Å². The highest BCUT2D eigenvalue weighted by Crippen LogP contribution is 2.30. The fourth-order valence-corrected chi connectivity index (χ4v) is 3.17. The molecule has 2 rings (SSSR count). The Morgan fingerprint density at radius 3 is 2.76 bits per heavy atom. The van der Waals surface area contributed by atoms with E-state index < -0.39 is 0 Å². The van der Waals surface area contributed by atoms with E-state index in [0.717, 1.165) is 30.9 Å². The molecule has 2 unspecified atom stereocenters. The molecule has 5 nitrogen and oxygen atoms in total. The Kier molecular flexibility index (Phi) is 5.58. The van der Waals surface area contributed by atoms with E-state index >= 15 is 0 Å². The smallest absolute Gasteiger partial charge is 0.123 e. The van der Waals surface area contributed by atoms with Crippen molar-refractivity contribution in [2.24, 2.45) is 5.84 Å². The largest absolute Gasteiger partial charge is 0.496 e. The number of methoxy groups -OCH3 is 1. The lowest BCUT2D eigenvalue weighted by Gasteiger charge is -2.35. The first kappa shape index (κ1) is 16.2. The van der Waals surface area contributed by atoms with Gasteiger partial charge in [0.15, 0.2) is 0 Å². The number of ether oxygens (including phenoxy) is 1. The predicted octanol–water partition coefficient (Wildman–Crippen LogP) is 1.14. The van der Waals surface area contributed by atoms with Crippen LogP contribution in [-0.4, -0.2) is 56.7 Å². The van der Waals surface area contributed by atoms with E-state index in [0.29, 0.717) is 6.04 Å². The summed E-state index contributed by atoms with van der Waals surface area (Å²) in [4.78, 5) is 4.77. The van der Waals surface area contributed by atoms with Crippen molar-refractivity contribution in [2.45, 2.75) is 25.4 Å². The summed E-state index contributed by atoms with van der Waals surface area (Å²) >= 11 is 0. The third kappa shape index (κ3) is 3.74. The Hall–Kier alpha value is -1.14. The van der Waals surface area contributed by atoms with Crippen molar-refractivity contribution in [3.63, 3.8) is 0 Å². The van der Waals surface area contributed by atoms with Crippen molar-refractivity contribution >= 4 is 0 Å². The molecule has 1 heterocycles. The standard InChI is InChI=1S/C16H28N4O/c1-12-6-7-15(21-4)13(10-12)16(18-17)14-11-19(2)8-5-9-20(14)3/h6-7,10,14,16,18H,5,8-9,11,17H2,1-4H3. The molecule has 1 aliphatic rings. The summed E-state index contributed by atoms with van der Waals surface area (Å²) in [6.45, 7) is 5.30. The number of likely N-dealkylation sites (N-methyl/N-ethyl adjacent to an activating group) is 2. The number of hydrazine groups is 1. The second-order valence-corrected chi connectivity index (χ2v) is 6.05. The highest BCUT2D eigenvalue weighted by atomic mass is 16.5. The number of hydrogen-bond donors (Lipinski definition) is 2. The van der Waals surface area contributed by atoms with E-state index in [1.165, 1.54) is 12.0 Å². The number of rotatable bonds is 4. The average molecular weight is 292 g/mol. The molecule has 3 N–H and O–H groups in total. The van der Waals surface area contributed by atoms with Crippen LogP contribution in [0.15, 0.2) is 18.2 Å². The van der Waals surface area contributed by atoms with Gasteiger partial charge in [0.05, 0.1) is 13.2 Å². The van der Waals surface area contributed by atoms with Crippen molar-refractivity contribution in [1.82, 2.24) is 15.2 Å². The number of aryl methyl sites for hydroxylation is 1. The van der Waals surface area contributed by atoms with Crippen LogP contribution in [0.3, 0.4) is 0 Å². The van der Waals surface area contributed by atoms with Gasteiger partial charge in [-0.05, 0) is 46.6 Å².